The summed E-state index contributed by atoms with van der Waals surface area (Å²) in [6.07, 6.45) is 3.89. The first kappa shape index (κ1) is 17.0. The molecule has 1 rings (SSSR count). The predicted octanol–water partition coefficient (Wildman–Crippen LogP) is 3.33. The molecule has 1 fully saturated rings. The van der Waals surface area contributed by atoms with Gasteiger partial charge in [-0.2, -0.15) is 0 Å². The molecule has 1 saturated carbocycles. The molecule has 0 heterocycles. The molecular formula is C16H28O4. The van der Waals surface area contributed by atoms with Crippen molar-refractivity contribution < 1.29 is 19.1 Å². The Bertz CT molecular complexity index is 348. The predicted molar refractivity (Wildman–Crippen MR) is 77.1 cm³/mol. The van der Waals surface area contributed by atoms with Gasteiger partial charge in [0, 0.05) is 6.92 Å². The number of carbonyl (C=O) groups excluding carboxylic acids is 2. The Labute approximate surface area is 122 Å². The molecule has 0 aromatic carbocycles. The van der Waals surface area contributed by atoms with Crippen molar-refractivity contribution in [3.63, 3.8) is 0 Å². The van der Waals surface area contributed by atoms with Crippen molar-refractivity contribution in [3.8, 4) is 0 Å². The summed E-state index contributed by atoms with van der Waals surface area (Å²) in [7, 11) is 0. The maximum Gasteiger partial charge on any atom is 0.309 e. The first-order valence-corrected chi connectivity index (χ1v) is 7.63. The highest BCUT2D eigenvalue weighted by Crippen LogP contribution is 2.46. The summed E-state index contributed by atoms with van der Waals surface area (Å²) >= 11 is 0. The van der Waals surface area contributed by atoms with Crippen LogP contribution in [0.25, 0.3) is 0 Å². The summed E-state index contributed by atoms with van der Waals surface area (Å²) < 4.78 is 10.3. The second kappa shape index (κ2) is 7.09. The highest BCUT2D eigenvalue weighted by Gasteiger charge is 2.46. The van der Waals surface area contributed by atoms with Crippen molar-refractivity contribution in [2.45, 2.75) is 65.9 Å². The number of carbonyl (C=O) groups is 2. The average molecular weight is 284 g/mol. The van der Waals surface area contributed by atoms with Gasteiger partial charge in [-0.25, -0.2) is 0 Å². The first-order valence-electron chi connectivity index (χ1n) is 7.63. The van der Waals surface area contributed by atoms with Crippen LogP contribution in [0.5, 0.6) is 0 Å². The molecule has 4 heteroatoms. The van der Waals surface area contributed by atoms with Crippen molar-refractivity contribution in [2.24, 2.45) is 17.8 Å². The summed E-state index contributed by atoms with van der Waals surface area (Å²) in [6.45, 7) is 9.83. The Morgan fingerprint density at radius 2 is 2.00 bits per heavy atom. The van der Waals surface area contributed by atoms with Gasteiger partial charge in [-0.3, -0.25) is 9.59 Å². The topological polar surface area (TPSA) is 52.6 Å². The van der Waals surface area contributed by atoms with Crippen LogP contribution in [0, 0.1) is 17.8 Å². The fourth-order valence-electron chi connectivity index (χ4n) is 2.87. The molecule has 1 aliphatic rings. The molecule has 3 unspecified atom stereocenters. The third kappa shape index (κ3) is 5.51. The van der Waals surface area contributed by atoms with E-state index in [0.717, 1.165) is 25.7 Å². The van der Waals surface area contributed by atoms with Crippen molar-refractivity contribution in [2.75, 3.05) is 6.61 Å². The van der Waals surface area contributed by atoms with E-state index in [-0.39, 0.29) is 17.9 Å². The smallest absolute Gasteiger partial charge is 0.309 e. The first-order chi connectivity index (χ1) is 9.26. The molecule has 0 amide bonds. The molecule has 0 aliphatic heterocycles. The Kier molecular flexibility index (Phi) is 6.03. The number of hydrogen-bond acceptors (Lipinski definition) is 4. The van der Waals surface area contributed by atoms with E-state index in [1.54, 1.807) is 0 Å². The van der Waals surface area contributed by atoms with Gasteiger partial charge in [-0.1, -0.05) is 13.3 Å². The van der Waals surface area contributed by atoms with Crippen molar-refractivity contribution in [1.29, 1.82) is 0 Å². The molecule has 4 nitrogen and oxygen atoms in total. The van der Waals surface area contributed by atoms with Crippen molar-refractivity contribution >= 4 is 11.9 Å². The Morgan fingerprint density at radius 1 is 1.35 bits per heavy atom. The van der Waals surface area contributed by atoms with E-state index in [2.05, 4.69) is 6.92 Å². The molecule has 0 bridgehead atoms. The van der Waals surface area contributed by atoms with Gasteiger partial charge in [-0.15, -0.1) is 0 Å². The normalized spacial score (nSPS) is 23.1. The standard InChI is InChI=1S/C16H28O4/c1-6-19-15(18)14-10-13(14)11(2)8-7-9-16(4,5)20-12(3)17/h11,13-14H,6-10H2,1-5H3. The minimum Gasteiger partial charge on any atom is -0.466 e. The Morgan fingerprint density at radius 3 is 2.55 bits per heavy atom. The maximum atomic E-state index is 11.6. The van der Waals surface area contributed by atoms with E-state index in [1.807, 2.05) is 20.8 Å². The van der Waals surface area contributed by atoms with Gasteiger partial charge in [0.05, 0.1) is 12.5 Å². The molecule has 20 heavy (non-hydrogen) atoms. The second-order valence-corrected chi connectivity index (χ2v) is 6.48. The number of ether oxygens (including phenoxy) is 2. The summed E-state index contributed by atoms with van der Waals surface area (Å²) in [5, 5.41) is 0. The number of esters is 2. The van der Waals surface area contributed by atoms with Crippen LogP contribution in [0.1, 0.15) is 60.3 Å². The highest BCUT2D eigenvalue weighted by atomic mass is 16.6. The molecule has 0 radical (unpaired) electrons. The van der Waals surface area contributed by atoms with Gasteiger partial charge < -0.3 is 9.47 Å². The van der Waals surface area contributed by atoms with Gasteiger partial charge in [0.1, 0.15) is 5.60 Å². The van der Waals surface area contributed by atoms with Crippen LogP contribution in [0.2, 0.25) is 0 Å². The van der Waals surface area contributed by atoms with Crippen molar-refractivity contribution in [1.82, 2.24) is 0 Å². The number of hydrogen-bond donors (Lipinski definition) is 0. The van der Waals surface area contributed by atoms with Gasteiger partial charge in [0.2, 0.25) is 0 Å². The SMILES string of the molecule is CCOC(=O)C1CC1C(C)CCCC(C)(C)OC(C)=O. The lowest BCUT2D eigenvalue weighted by atomic mass is 9.93. The van der Waals surface area contributed by atoms with Crippen molar-refractivity contribution in [3.05, 3.63) is 0 Å². The molecule has 0 saturated heterocycles. The minimum atomic E-state index is -0.393. The molecule has 0 aromatic heterocycles. The molecule has 3 atom stereocenters. The van der Waals surface area contributed by atoms with E-state index in [1.165, 1.54) is 6.92 Å². The lowest BCUT2D eigenvalue weighted by Crippen LogP contribution is -2.26. The van der Waals surface area contributed by atoms with E-state index in [4.69, 9.17) is 9.47 Å². The van der Waals surface area contributed by atoms with Crippen LogP contribution < -0.4 is 0 Å². The molecular weight excluding hydrogens is 256 g/mol. The average Bonchev–Trinajstić information content (AvgIpc) is 3.06. The fourth-order valence-corrected chi connectivity index (χ4v) is 2.87. The summed E-state index contributed by atoms with van der Waals surface area (Å²) in [4.78, 5) is 22.6. The lowest BCUT2D eigenvalue weighted by Gasteiger charge is -2.25. The Balaban J connectivity index is 2.23. The fraction of sp³-hybridized carbons (Fsp3) is 0.875. The van der Waals surface area contributed by atoms with Crippen LogP contribution in [-0.2, 0) is 19.1 Å². The van der Waals surface area contributed by atoms with Crippen LogP contribution in [-0.4, -0.2) is 24.1 Å². The molecule has 0 spiro atoms. The van der Waals surface area contributed by atoms with E-state index >= 15 is 0 Å². The van der Waals surface area contributed by atoms with Crippen LogP contribution in [0.3, 0.4) is 0 Å². The van der Waals surface area contributed by atoms with E-state index in [9.17, 15) is 9.59 Å². The highest BCUT2D eigenvalue weighted by molar-refractivity contribution is 5.75. The van der Waals surface area contributed by atoms with Gasteiger partial charge in [0.25, 0.3) is 0 Å². The van der Waals surface area contributed by atoms with Gasteiger partial charge >= 0.3 is 11.9 Å². The summed E-state index contributed by atoms with van der Waals surface area (Å²) in [6, 6.07) is 0. The molecule has 0 aromatic rings. The zero-order valence-electron chi connectivity index (χ0n) is 13.4. The monoisotopic (exact) mass is 284 g/mol. The van der Waals surface area contributed by atoms with E-state index in [0.29, 0.717) is 18.4 Å². The minimum absolute atomic E-state index is 0.0374. The number of rotatable bonds is 8. The largest absolute Gasteiger partial charge is 0.466 e. The zero-order chi connectivity index (χ0) is 15.3. The zero-order valence-corrected chi connectivity index (χ0v) is 13.4. The third-order valence-electron chi connectivity index (χ3n) is 4.02. The van der Waals surface area contributed by atoms with Crippen LogP contribution in [0.4, 0.5) is 0 Å². The van der Waals surface area contributed by atoms with Gasteiger partial charge in [-0.05, 0) is 51.9 Å². The van der Waals surface area contributed by atoms with Crippen LogP contribution in [0.15, 0.2) is 0 Å². The Hall–Kier alpha value is -1.06. The summed E-state index contributed by atoms with van der Waals surface area (Å²) in [5.74, 6) is 0.854. The molecule has 0 N–H and O–H groups in total. The molecule has 1 aliphatic carbocycles. The van der Waals surface area contributed by atoms with Crippen LogP contribution >= 0.6 is 0 Å². The second-order valence-electron chi connectivity index (χ2n) is 6.48. The van der Waals surface area contributed by atoms with E-state index < -0.39 is 5.60 Å². The maximum absolute atomic E-state index is 11.6. The van der Waals surface area contributed by atoms with Gasteiger partial charge in [0.15, 0.2) is 0 Å². The quantitative estimate of drug-likeness (QED) is 0.641. The third-order valence-corrected chi connectivity index (χ3v) is 4.02. The molecule has 116 valence electrons. The lowest BCUT2D eigenvalue weighted by molar-refractivity contribution is -0.154. The summed E-state index contributed by atoms with van der Waals surface area (Å²) in [5.41, 5.74) is -0.393.